The van der Waals surface area contributed by atoms with E-state index in [-0.39, 0.29) is 11.8 Å². The number of aromatic amines is 1. The average Bonchev–Trinajstić information content (AvgIpc) is 3.45. The van der Waals surface area contributed by atoms with Crippen molar-refractivity contribution in [2.45, 2.75) is 33.6 Å². The monoisotopic (exact) mass is 474 g/mol. The lowest BCUT2D eigenvalue weighted by atomic mass is 9.95. The topological polar surface area (TPSA) is 85.7 Å². The molecule has 1 aliphatic rings. The van der Waals surface area contributed by atoms with E-state index in [1.807, 2.05) is 28.4 Å². The molecule has 0 radical (unpaired) electrons. The number of fused-ring (bicyclic) bond motifs is 2. The molecule has 9 nitrogen and oxygen atoms in total. The molecule has 0 aromatic carbocycles. The number of piperazine rings is 1. The van der Waals surface area contributed by atoms with Crippen LogP contribution in [0.1, 0.15) is 36.5 Å². The lowest BCUT2D eigenvalue weighted by molar-refractivity contribution is -0.132. The van der Waals surface area contributed by atoms with E-state index in [9.17, 15) is 4.79 Å². The minimum atomic E-state index is 0.186. The summed E-state index contributed by atoms with van der Waals surface area (Å²) >= 11 is 0. The maximum Gasteiger partial charge on any atom is 0.236 e. The van der Waals surface area contributed by atoms with Crippen molar-refractivity contribution in [2.75, 3.05) is 51.7 Å². The Morgan fingerprint density at radius 1 is 1.11 bits per heavy atom. The third kappa shape index (κ3) is 4.14. The van der Waals surface area contributed by atoms with E-state index >= 15 is 0 Å². The Labute approximate surface area is 205 Å². The lowest BCUT2D eigenvalue weighted by Gasteiger charge is -2.36. The maximum absolute atomic E-state index is 12.4. The second-order valence-corrected chi connectivity index (χ2v) is 10.1. The second-order valence-electron chi connectivity index (χ2n) is 10.1. The molecule has 0 bridgehead atoms. The molecule has 0 saturated carbocycles. The molecule has 0 aliphatic carbocycles. The van der Waals surface area contributed by atoms with E-state index in [1.54, 1.807) is 6.33 Å². The Balaban J connectivity index is 1.50. The Kier molecular flexibility index (Phi) is 5.96. The number of rotatable bonds is 5. The summed E-state index contributed by atoms with van der Waals surface area (Å²) < 4.78 is 1.85. The summed E-state index contributed by atoms with van der Waals surface area (Å²) in [5.41, 5.74) is 8.67. The van der Waals surface area contributed by atoms with Crippen molar-refractivity contribution in [3.05, 3.63) is 41.3 Å². The van der Waals surface area contributed by atoms with Gasteiger partial charge < -0.3 is 19.7 Å². The number of aromatic nitrogens is 5. The van der Waals surface area contributed by atoms with Gasteiger partial charge >= 0.3 is 0 Å². The van der Waals surface area contributed by atoms with E-state index in [0.717, 1.165) is 65.5 Å². The molecule has 0 atom stereocenters. The van der Waals surface area contributed by atoms with Gasteiger partial charge in [0.05, 0.1) is 23.3 Å². The largest absolute Gasteiger partial charge is 0.353 e. The molecule has 4 aromatic heterocycles. The van der Waals surface area contributed by atoms with E-state index in [1.165, 1.54) is 11.1 Å². The number of anilines is 1. The highest BCUT2D eigenvalue weighted by Crippen LogP contribution is 2.37. The summed E-state index contributed by atoms with van der Waals surface area (Å²) in [4.78, 5) is 31.8. The first-order valence-corrected chi connectivity index (χ1v) is 12.2. The van der Waals surface area contributed by atoms with Crippen LogP contribution in [-0.2, 0) is 4.79 Å². The normalized spacial score (nSPS) is 14.7. The fourth-order valence-electron chi connectivity index (χ4n) is 5.04. The molecule has 35 heavy (non-hydrogen) atoms. The summed E-state index contributed by atoms with van der Waals surface area (Å²) in [5, 5.41) is 4.38. The predicted molar refractivity (Wildman–Crippen MR) is 139 cm³/mol. The van der Waals surface area contributed by atoms with Gasteiger partial charge in [0.2, 0.25) is 5.91 Å². The second kappa shape index (κ2) is 8.96. The number of hydrogen-bond acceptors (Lipinski definition) is 6. The molecule has 1 amide bonds. The zero-order valence-electron chi connectivity index (χ0n) is 21.5. The quantitative estimate of drug-likeness (QED) is 0.478. The van der Waals surface area contributed by atoms with Gasteiger partial charge in [-0.25, -0.2) is 14.5 Å². The van der Waals surface area contributed by atoms with Crippen molar-refractivity contribution in [3.63, 3.8) is 0 Å². The van der Waals surface area contributed by atoms with Crippen LogP contribution in [0.2, 0.25) is 0 Å². The van der Waals surface area contributed by atoms with Gasteiger partial charge in [-0.15, -0.1) is 0 Å². The van der Waals surface area contributed by atoms with Crippen LogP contribution in [0, 0.1) is 13.8 Å². The van der Waals surface area contributed by atoms with Crippen LogP contribution in [0.5, 0.6) is 0 Å². The van der Waals surface area contributed by atoms with Gasteiger partial charge in [0.25, 0.3) is 0 Å². The van der Waals surface area contributed by atoms with Crippen LogP contribution >= 0.6 is 0 Å². The average molecular weight is 475 g/mol. The summed E-state index contributed by atoms with van der Waals surface area (Å²) in [6, 6.07) is 4.22. The van der Waals surface area contributed by atoms with Crippen LogP contribution in [0.25, 0.3) is 27.9 Å². The number of hydrogen-bond donors (Lipinski definition) is 1. The zero-order valence-corrected chi connectivity index (χ0v) is 21.5. The number of carbonyl (C=O) groups is 1. The maximum atomic E-state index is 12.4. The van der Waals surface area contributed by atoms with Crippen LogP contribution in [0.15, 0.2) is 24.7 Å². The highest BCUT2D eigenvalue weighted by Gasteiger charge is 2.24. The van der Waals surface area contributed by atoms with Gasteiger partial charge in [-0.2, -0.15) is 5.10 Å². The van der Waals surface area contributed by atoms with Crippen LogP contribution in [-0.4, -0.2) is 87.1 Å². The number of nitrogens with zero attached hydrogens (tertiary/aromatic N) is 7. The zero-order chi connectivity index (χ0) is 24.9. The number of carbonyl (C=O) groups excluding carboxylic acids is 1. The molecule has 9 heteroatoms. The number of amides is 1. The van der Waals surface area contributed by atoms with Gasteiger partial charge in [-0.05, 0) is 57.1 Å². The van der Waals surface area contributed by atoms with E-state index in [4.69, 9.17) is 4.98 Å². The van der Waals surface area contributed by atoms with Crippen molar-refractivity contribution in [1.82, 2.24) is 34.4 Å². The number of likely N-dealkylation sites (N-methyl/N-ethyl adjacent to an activating group) is 1. The first-order chi connectivity index (χ1) is 16.7. The first-order valence-electron chi connectivity index (χ1n) is 12.2. The molecule has 184 valence electrons. The Hall–Kier alpha value is -3.46. The Bertz CT molecular complexity index is 1390. The minimum Gasteiger partial charge on any atom is -0.353 e. The third-order valence-electron chi connectivity index (χ3n) is 7.05. The summed E-state index contributed by atoms with van der Waals surface area (Å²) in [7, 11) is 3.86. The number of pyridine rings is 2. The van der Waals surface area contributed by atoms with Gasteiger partial charge in [0.15, 0.2) is 5.65 Å². The molecule has 0 spiro atoms. The molecule has 1 aliphatic heterocycles. The van der Waals surface area contributed by atoms with E-state index < -0.39 is 0 Å². The van der Waals surface area contributed by atoms with Crippen LogP contribution < -0.4 is 4.90 Å². The van der Waals surface area contributed by atoms with E-state index in [0.29, 0.717) is 6.54 Å². The number of aryl methyl sites for hydroxylation is 1. The molecule has 1 fully saturated rings. The van der Waals surface area contributed by atoms with Gasteiger partial charge in [0, 0.05) is 43.5 Å². The van der Waals surface area contributed by atoms with Gasteiger partial charge in [0.1, 0.15) is 12.1 Å². The standard InChI is InChI=1S/C26H34N8O/c1-16(2)23-24(19-13-34-26(27-15-28-34)18(4)17(19)3)29-20-7-8-21(30-25(20)23)32-9-11-33(12-10-32)22(35)14-31(5)6/h7-8,13,15-16,29H,9-12,14H2,1-6H3. The fraction of sp³-hybridized carbons (Fsp3) is 0.462. The first kappa shape index (κ1) is 23.3. The van der Waals surface area contributed by atoms with Gasteiger partial charge in [-0.3, -0.25) is 4.79 Å². The van der Waals surface area contributed by atoms with Gasteiger partial charge in [-0.1, -0.05) is 13.8 Å². The van der Waals surface area contributed by atoms with Crippen LogP contribution in [0.3, 0.4) is 0 Å². The fourth-order valence-corrected chi connectivity index (χ4v) is 5.04. The van der Waals surface area contributed by atoms with Crippen molar-refractivity contribution >= 4 is 28.4 Å². The smallest absolute Gasteiger partial charge is 0.236 e. The molecule has 1 N–H and O–H groups in total. The summed E-state index contributed by atoms with van der Waals surface area (Å²) in [5.74, 6) is 1.43. The predicted octanol–water partition coefficient (Wildman–Crippen LogP) is 3.22. The van der Waals surface area contributed by atoms with Crippen LogP contribution in [0.4, 0.5) is 5.82 Å². The molecule has 0 unspecified atom stereocenters. The molecule has 5 heterocycles. The Morgan fingerprint density at radius 2 is 1.86 bits per heavy atom. The highest BCUT2D eigenvalue weighted by atomic mass is 16.2. The summed E-state index contributed by atoms with van der Waals surface area (Å²) in [6.45, 7) is 12.1. The van der Waals surface area contributed by atoms with Crippen molar-refractivity contribution < 1.29 is 4.79 Å². The summed E-state index contributed by atoms with van der Waals surface area (Å²) in [6.07, 6.45) is 3.66. The van der Waals surface area contributed by atoms with Crippen molar-refractivity contribution in [1.29, 1.82) is 0 Å². The van der Waals surface area contributed by atoms with Crippen molar-refractivity contribution in [3.8, 4) is 11.3 Å². The molecular formula is C26H34N8O. The van der Waals surface area contributed by atoms with Crippen molar-refractivity contribution in [2.24, 2.45) is 0 Å². The van der Waals surface area contributed by atoms with E-state index in [2.05, 4.69) is 66.0 Å². The molecule has 1 saturated heterocycles. The SMILES string of the molecule is Cc1c(-c2[nH]c3ccc(N4CCN(C(=O)CN(C)C)CC4)nc3c2C(C)C)cn2ncnc2c1C. The lowest BCUT2D eigenvalue weighted by Crippen LogP contribution is -2.50. The Morgan fingerprint density at radius 3 is 2.54 bits per heavy atom. The number of nitrogens with one attached hydrogen (secondary N) is 1. The molecular weight excluding hydrogens is 440 g/mol. The highest BCUT2D eigenvalue weighted by molar-refractivity contribution is 5.90. The number of H-pyrrole nitrogens is 1. The third-order valence-corrected chi connectivity index (χ3v) is 7.05. The molecule has 5 rings (SSSR count). The minimum absolute atomic E-state index is 0.186. The molecule has 4 aromatic rings.